The second-order valence-electron chi connectivity index (χ2n) is 4.12. The van der Waals surface area contributed by atoms with E-state index >= 15 is 0 Å². The second-order valence-corrected chi connectivity index (χ2v) is 5.39. The summed E-state index contributed by atoms with van der Waals surface area (Å²) in [6.07, 6.45) is 3.45. The van der Waals surface area contributed by atoms with Crippen molar-refractivity contribution < 1.29 is 0 Å². The molecule has 2 N–H and O–H groups in total. The Morgan fingerprint density at radius 2 is 1.89 bits per heavy atom. The Kier molecular flexibility index (Phi) is 3.76. The summed E-state index contributed by atoms with van der Waals surface area (Å²) >= 11 is 1.70. The van der Waals surface area contributed by atoms with Crippen molar-refractivity contribution in [2.45, 2.75) is 26.8 Å². The van der Waals surface area contributed by atoms with Crippen LogP contribution in [0.1, 0.15) is 28.4 Å². The average molecular weight is 263 g/mol. The Hall–Kier alpha value is -1.69. The fraction of sp³-hybridized carbons (Fsp3) is 0.417. The Morgan fingerprint density at radius 3 is 2.50 bits per heavy atom. The summed E-state index contributed by atoms with van der Waals surface area (Å²) in [5.74, 6) is 1.68. The molecule has 6 heteroatoms. The summed E-state index contributed by atoms with van der Waals surface area (Å²) in [5, 5.41) is 7.49. The van der Waals surface area contributed by atoms with Crippen molar-refractivity contribution >= 4 is 23.0 Å². The molecule has 0 aliphatic carbocycles. The molecule has 0 aromatic carbocycles. The van der Waals surface area contributed by atoms with E-state index in [1.165, 1.54) is 4.88 Å². The van der Waals surface area contributed by atoms with Gasteiger partial charge in [-0.2, -0.15) is 0 Å². The van der Waals surface area contributed by atoms with Crippen molar-refractivity contribution in [2.24, 2.45) is 0 Å². The van der Waals surface area contributed by atoms with Crippen molar-refractivity contribution in [3.8, 4) is 0 Å². The molecule has 2 heterocycles. The number of hydrogen-bond acceptors (Lipinski definition) is 6. The molecule has 0 aliphatic rings. The third kappa shape index (κ3) is 2.59. The standard InChI is InChI=1S/C12H17N5S/c1-7-5-14-12(18-7)9(3)17-11-8(2)10(13-4)15-6-16-11/h5-6,9H,1-4H3,(H2,13,15,16,17). The molecule has 0 saturated heterocycles. The van der Waals surface area contributed by atoms with E-state index in [9.17, 15) is 0 Å². The molecule has 0 spiro atoms. The predicted octanol–water partition coefficient (Wildman–Crippen LogP) is 2.76. The number of hydrogen-bond donors (Lipinski definition) is 2. The van der Waals surface area contributed by atoms with E-state index in [0.717, 1.165) is 22.2 Å². The molecule has 2 rings (SSSR count). The summed E-state index contributed by atoms with van der Waals surface area (Å²) in [6.45, 7) is 6.13. The normalized spacial score (nSPS) is 12.2. The van der Waals surface area contributed by atoms with Gasteiger partial charge < -0.3 is 10.6 Å². The van der Waals surface area contributed by atoms with E-state index in [1.807, 2.05) is 20.2 Å². The number of aryl methyl sites for hydroxylation is 1. The van der Waals surface area contributed by atoms with Crippen molar-refractivity contribution in [3.05, 3.63) is 28.0 Å². The van der Waals surface area contributed by atoms with Gasteiger partial charge in [-0.15, -0.1) is 11.3 Å². The Morgan fingerprint density at radius 1 is 1.17 bits per heavy atom. The summed E-state index contributed by atoms with van der Waals surface area (Å²) < 4.78 is 0. The first-order valence-corrected chi connectivity index (χ1v) is 6.61. The number of thiazole rings is 1. The Bertz CT molecular complexity index is 537. The maximum absolute atomic E-state index is 4.38. The van der Waals surface area contributed by atoms with Crippen LogP contribution in [0, 0.1) is 13.8 Å². The lowest BCUT2D eigenvalue weighted by molar-refractivity contribution is 0.855. The van der Waals surface area contributed by atoms with Crippen LogP contribution in [0.25, 0.3) is 0 Å². The van der Waals surface area contributed by atoms with Crippen LogP contribution in [0.2, 0.25) is 0 Å². The molecule has 0 fully saturated rings. The number of nitrogens with zero attached hydrogens (tertiary/aromatic N) is 3. The summed E-state index contributed by atoms with van der Waals surface area (Å²) in [4.78, 5) is 14.0. The third-order valence-electron chi connectivity index (χ3n) is 2.68. The molecule has 1 unspecified atom stereocenters. The van der Waals surface area contributed by atoms with Gasteiger partial charge in [0.25, 0.3) is 0 Å². The summed E-state index contributed by atoms with van der Waals surface area (Å²) in [7, 11) is 1.85. The third-order valence-corrected chi connectivity index (χ3v) is 3.78. The van der Waals surface area contributed by atoms with Crippen LogP contribution < -0.4 is 10.6 Å². The molecule has 96 valence electrons. The van der Waals surface area contributed by atoms with Crippen LogP contribution in [0.3, 0.4) is 0 Å². The molecule has 0 saturated carbocycles. The Labute approximate surface area is 111 Å². The highest BCUT2D eigenvalue weighted by atomic mass is 32.1. The number of anilines is 2. The number of rotatable bonds is 4. The van der Waals surface area contributed by atoms with Gasteiger partial charge in [0, 0.05) is 23.7 Å². The van der Waals surface area contributed by atoms with Crippen molar-refractivity contribution in [2.75, 3.05) is 17.7 Å². The van der Waals surface area contributed by atoms with Crippen LogP contribution >= 0.6 is 11.3 Å². The van der Waals surface area contributed by atoms with E-state index in [2.05, 4.69) is 39.4 Å². The van der Waals surface area contributed by atoms with E-state index < -0.39 is 0 Å². The zero-order valence-electron chi connectivity index (χ0n) is 11.0. The van der Waals surface area contributed by atoms with E-state index in [0.29, 0.717) is 0 Å². The molecule has 0 bridgehead atoms. The van der Waals surface area contributed by atoms with Gasteiger partial charge >= 0.3 is 0 Å². The summed E-state index contributed by atoms with van der Waals surface area (Å²) in [5.41, 5.74) is 1.01. The minimum Gasteiger partial charge on any atom is -0.373 e. The van der Waals surface area contributed by atoms with Gasteiger partial charge in [0.2, 0.25) is 0 Å². The van der Waals surface area contributed by atoms with Gasteiger partial charge in [-0.25, -0.2) is 15.0 Å². The highest BCUT2D eigenvalue weighted by molar-refractivity contribution is 7.11. The zero-order valence-corrected chi connectivity index (χ0v) is 11.8. The highest BCUT2D eigenvalue weighted by Gasteiger charge is 2.12. The first-order valence-electron chi connectivity index (χ1n) is 5.80. The Balaban J connectivity index is 2.19. The maximum atomic E-state index is 4.38. The van der Waals surface area contributed by atoms with Crippen molar-refractivity contribution in [1.82, 2.24) is 15.0 Å². The van der Waals surface area contributed by atoms with E-state index in [-0.39, 0.29) is 6.04 Å². The molecular weight excluding hydrogens is 246 g/mol. The monoisotopic (exact) mass is 263 g/mol. The van der Waals surface area contributed by atoms with Gasteiger partial charge in [0.05, 0.1) is 6.04 Å². The van der Waals surface area contributed by atoms with Crippen molar-refractivity contribution in [1.29, 1.82) is 0 Å². The predicted molar refractivity (Wildman–Crippen MR) is 75.2 cm³/mol. The lowest BCUT2D eigenvalue weighted by atomic mass is 10.2. The molecule has 2 aromatic rings. The smallest absolute Gasteiger partial charge is 0.134 e. The molecule has 2 aromatic heterocycles. The molecule has 1 atom stereocenters. The highest BCUT2D eigenvalue weighted by Crippen LogP contribution is 2.25. The molecule has 5 nitrogen and oxygen atoms in total. The number of nitrogens with one attached hydrogen (secondary N) is 2. The van der Waals surface area contributed by atoms with E-state index in [1.54, 1.807) is 17.7 Å². The van der Waals surface area contributed by atoms with Gasteiger partial charge in [-0.3, -0.25) is 0 Å². The van der Waals surface area contributed by atoms with Gasteiger partial charge in [-0.05, 0) is 20.8 Å². The first kappa shape index (κ1) is 12.8. The van der Waals surface area contributed by atoms with Gasteiger partial charge in [-0.1, -0.05) is 0 Å². The lowest BCUT2D eigenvalue weighted by Crippen LogP contribution is -2.10. The largest absolute Gasteiger partial charge is 0.373 e. The molecule has 0 amide bonds. The van der Waals surface area contributed by atoms with E-state index in [4.69, 9.17) is 0 Å². The van der Waals surface area contributed by atoms with Gasteiger partial charge in [0.1, 0.15) is 23.0 Å². The fourth-order valence-corrected chi connectivity index (χ4v) is 2.46. The molecule has 18 heavy (non-hydrogen) atoms. The van der Waals surface area contributed by atoms with Crippen molar-refractivity contribution in [3.63, 3.8) is 0 Å². The van der Waals surface area contributed by atoms with Gasteiger partial charge in [0.15, 0.2) is 0 Å². The van der Waals surface area contributed by atoms with Crippen LogP contribution in [0.5, 0.6) is 0 Å². The van der Waals surface area contributed by atoms with Crippen LogP contribution in [-0.4, -0.2) is 22.0 Å². The quantitative estimate of drug-likeness (QED) is 0.888. The zero-order chi connectivity index (χ0) is 13.1. The fourth-order valence-electron chi connectivity index (χ4n) is 1.69. The van der Waals surface area contributed by atoms with Crippen LogP contribution in [-0.2, 0) is 0 Å². The topological polar surface area (TPSA) is 62.7 Å². The molecule has 0 radical (unpaired) electrons. The SMILES string of the molecule is CNc1ncnc(NC(C)c2ncc(C)s2)c1C. The first-order chi connectivity index (χ1) is 8.61. The second kappa shape index (κ2) is 5.30. The lowest BCUT2D eigenvalue weighted by Gasteiger charge is -2.15. The molecular formula is C12H17N5S. The van der Waals surface area contributed by atoms with Crippen LogP contribution in [0.4, 0.5) is 11.6 Å². The number of aromatic nitrogens is 3. The minimum absolute atomic E-state index is 0.141. The minimum atomic E-state index is 0.141. The average Bonchev–Trinajstić information content (AvgIpc) is 2.78. The molecule has 0 aliphatic heterocycles. The van der Waals surface area contributed by atoms with Crippen LogP contribution in [0.15, 0.2) is 12.5 Å². The maximum Gasteiger partial charge on any atom is 0.134 e. The summed E-state index contributed by atoms with van der Waals surface area (Å²) in [6, 6.07) is 0.141.